The molecule has 0 fully saturated rings. The standard InChI is InChI=1S/C18H31NO2/c1-5-6-12-19(4)13-11-18(20)16-7-9-17(10-8-16)21-14-15(2)3/h7-10,15,18,20H,5-6,11-14H2,1-4H3. The van der Waals surface area contributed by atoms with Crippen LogP contribution in [0.2, 0.25) is 0 Å². The molecule has 0 radical (unpaired) electrons. The predicted octanol–water partition coefficient (Wildman–Crippen LogP) is 3.88. The van der Waals surface area contributed by atoms with Gasteiger partial charge in [-0.25, -0.2) is 0 Å². The Morgan fingerprint density at radius 3 is 2.38 bits per heavy atom. The first kappa shape index (κ1) is 18.0. The minimum absolute atomic E-state index is 0.395. The Morgan fingerprint density at radius 2 is 1.81 bits per heavy atom. The average Bonchev–Trinajstić information content (AvgIpc) is 2.49. The normalized spacial score (nSPS) is 12.9. The summed E-state index contributed by atoms with van der Waals surface area (Å²) in [4.78, 5) is 2.28. The summed E-state index contributed by atoms with van der Waals surface area (Å²) in [6.07, 6.45) is 2.80. The van der Waals surface area contributed by atoms with E-state index in [0.717, 1.165) is 37.4 Å². The molecule has 1 rings (SSSR count). The lowest BCUT2D eigenvalue weighted by Crippen LogP contribution is -2.22. The number of benzene rings is 1. The number of rotatable bonds is 10. The lowest BCUT2D eigenvalue weighted by Gasteiger charge is -2.19. The molecular weight excluding hydrogens is 262 g/mol. The molecule has 21 heavy (non-hydrogen) atoms. The molecule has 0 aliphatic rings. The molecule has 120 valence electrons. The van der Waals surface area contributed by atoms with Crippen LogP contribution in [-0.2, 0) is 0 Å². The maximum atomic E-state index is 10.2. The number of hydrogen-bond acceptors (Lipinski definition) is 3. The van der Waals surface area contributed by atoms with Gasteiger partial charge in [0.2, 0.25) is 0 Å². The van der Waals surface area contributed by atoms with Gasteiger partial charge in [0, 0.05) is 6.54 Å². The molecule has 0 saturated heterocycles. The van der Waals surface area contributed by atoms with Crippen molar-refractivity contribution < 1.29 is 9.84 Å². The molecule has 0 aliphatic carbocycles. The zero-order valence-corrected chi connectivity index (χ0v) is 14.0. The Balaban J connectivity index is 2.38. The van der Waals surface area contributed by atoms with Crippen molar-refractivity contribution in [1.82, 2.24) is 4.90 Å². The summed E-state index contributed by atoms with van der Waals surface area (Å²) >= 11 is 0. The predicted molar refractivity (Wildman–Crippen MR) is 88.8 cm³/mol. The van der Waals surface area contributed by atoms with Gasteiger partial charge in [0.15, 0.2) is 0 Å². The van der Waals surface area contributed by atoms with E-state index in [2.05, 4.69) is 32.7 Å². The second kappa shape index (κ2) is 9.80. The summed E-state index contributed by atoms with van der Waals surface area (Å²) in [6, 6.07) is 7.82. The highest BCUT2D eigenvalue weighted by Crippen LogP contribution is 2.20. The molecule has 1 aromatic carbocycles. The summed E-state index contributed by atoms with van der Waals surface area (Å²) in [5.41, 5.74) is 0.968. The molecular formula is C18H31NO2. The molecule has 0 aliphatic heterocycles. The summed E-state index contributed by atoms with van der Waals surface area (Å²) in [6.45, 7) is 9.22. The average molecular weight is 293 g/mol. The van der Waals surface area contributed by atoms with Crippen LogP contribution >= 0.6 is 0 Å². The fraction of sp³-hybridized carbons (Fsp3) is 0.667. The van der Waals surface area contributed by atoms with E-state index in [4.69, 9.17) is 4.74 Å². The Bertz CT molecular complexity index is 375. The molecule has 1 atom stereocenters. The van der Waals surface area contributed by atoms with Crippen molar-refractivity contribution >= 4 is 0 Å². The molecule has 0 saturated carbocycles. The van der Waals surface area contributed by atoms with Gasteiger partial charge in [-0.05, 0) is 50.0 Å². The third-order valence-corrected chi connectivity index (χ3v) is 3.53. The molecule has 3 heteroatoms. The maximum Gasteiger partial charge on any atom is 0.119 e. The third kappa shape index (κ3) is 7.49. The lowest BCUT2D eigenvalue weighted by molar-refractivity contribution is 0.148. The van der Waals surface area contributed by atoms with Gasteiger partial charge in [0.25, 0.3) is 0 Å². The van der Waals surface area contributed by atoms with Crippen molar-refractivity contribution in [3.63, 3.8) is 0 Å². The van der Waals surface area contributed by atoms with Crippen LogP contribution < -0.4 is 4.74 Å². The van der Waals surface area contributed by atoms with Gasteiger partial charge in [0.1, 0.15) is 5.75 Å². The van der Waals surface area contributed by atoms with E-state index < -0.39 is 6.10 Å². The SMILES string of the molecule is CCCCN(C)CCC(O)c1ccc(OCC(C)C)cc1. The molecule has 0 aromatic heterocycles. The molecule has 1 aromatic rings. The quantitative estimate of drug-likeness (QED) is 0.710. The van der Waals surface area contributed by atoms with E-state index in [-0.39, 0.29) is 0 Å². The van der Waals surface area contributed by atoms with Gasteiger partial charge in [0.05, 0.1) is 12.7 Å². The number of ether oxygens (including phenoxy) is 1. The molecule has 1 N–H and O–H groups in total. The minimum Gasteiger partial charge on any atom is -0.493 e. The van der Waals surface area contributed by atoms with E-state index in [1.807, 2.05) is 24.3 Å². The second-order valence-electron chi connectivity index (χ2n) is 6.24. The molecule has 0 amide bonds. The van der Waals surface area contributed by atoms with Gasteiger partial charge in [-0.15, -0.1) is 0 Å². The van der Waals surface area contributed by atoms with Crippen molar-refractivity contribution in [2.24, 2.45) is 5.92 Å². The summed E-state index contributed by atoms with van der Waals surface area (Å²) in [5.74, 6) is 1.40. The van der Waals surface area contributed by atoms with E-state index in [0.29, 0.717) is 5.92 Å². The number of aliphatic hydroxyl groups excluding tert-OH is 1. The van der Waals surface area contributed by atoms with E-state index in [1.165, 1.54) is 12.8 Å². The van der Waals surface area contributed by atoms with E-state index in [1.54, 1.807) is 0 Å². The first-order valence-electron chi connectivity index (χ1n) is 8.12. The third-order valence-electron chi connectivity index (χ3n) is 3.53. The van der Waals surface area contributed by atoms with Crippen molar-refractivity contribution in [3.05, 3.63) is 29.8 Å². The largest absolute Gasteiger partial charge is 0.493 e. The first-order chi connectivity index (χ1) is 10.0. The Hall–Kier alpha value is -1.06. The van der Waals surface area contributed by atoms with Gasteiger partial charge >= 0.3 is 0 Å². The number of unbranched alkanes of at least 4 members (excludes halogenated alkanes) is 1. The molecule has 0 spiro atoms. The molecule has 0 heterocycles. The molecule has 0 bridgehead atoms. The zero-order chi connectivity index (χ0) is 15.7. The fourth-order valence-electron chi connectivity index (χ4n) is 2.10. The van der Waals surface area contributed by atoms with Crippen LogP contribution in [0.1, 0.15) is 51.7 Å². The summed E-state index contributed by atoms with van der Waals surface area (Å²) < 4.78 is 5.65. The fourth-order valence-corrected chi connectivity index (χ4v) is 2.10. The highest BCUT2D eigenvalue weighted by atomic mass is 16.5. The summed E-state index contributed by atoms with van der Waals surface area (Å²) in [5, 5.41) is 10.2. The van der Waals surface area contributed by atoms with Crippen LogP contribution in [0.25, 0.3) is 0 Å². The van der Waals surface area contributed by atoms with Crippen LogP contribution in [0, 0.1) is 5.92 Å². The van der Waals surface area contributed by atoms with Crippen molar-refractivity contribution in [1.29, 1.82) is 0 Å². The lowest BCUT2D eigenvalue weighted by atomic mass is 10.1. The van der Waals surface area contributed by atoms with E-state index >= 15 is 0 Å². The first-order valence-corrected chi connectivity index (χ1v) is 8.12. The Kier molecular flexibility index (Phi) is 8.40. The topological polar surface area (TPSA) is 32.7 Å². The Morgan fingerprint density at radius 1 is 1.14 bits per heavy atom. The zero-order valence-electron chi connectivity index (χ0n) is 14.0. The van der Waals surface area contributed by atoms with Crippen LogP contribution in [0.5, 0.6) is 5.75 Å². The number of nitrogens with zero attached hydrogens (tertiary/aromatic N) is 1. The maximum absolute atomic E-state index is 10.2. The van der Waals surface area contributed by atoms with Crippen LogP contribution in [0.3, 0.4) is 0 Å². The number of hydrogen-bond donors (Lipinski definition) is 1. The second-order valence-corrected chi connectivity index (χ2v) is 6.24. The molecule has 3 nitrogen and oxygen atoms in total. The molecule has 1 unspecified atom stereocenters. The summed E-state index contributed by atoms with van der Waals surface area (Å²) in [7, 11) is 2.12. The number of aliphatic hydroxyl groups is 1. The van der Waals surface area contributed by atoms with Gasteiger partial charge in [-0.1, -0.05) is 39.3 Å². The Labute approximate surface area is 129 Å². The monoisotopic (exact) mass is 293 g/mol. The van der Waals surface area contributed by atoms with Gasteiger partial charge < -0.3 is 14.7 Å². The smallest absolute Gasteiger partial charge is 0.119 e. The van der Waals surface area contributed by atoms with Crippen molar-refractivity contribution in [2.75, 3.05) is 26.7 Å². The van der Waals surface area contributed by atoms with Crippen LogP contribution in [0.15, 0.2) is 24.3 Å². The van der Waals surface area contributed by atoms with Crippen molar-refractivity contribution in [3.8, 4) is 5.75 Å². The van der Waals surface area contributed by atoms with E-state index in [9.17, 15) is 5.11 Å². The highest BCUT2D eigenvalue weighted by molar-refractivity contribution is 5.28. The van der Waals surface area contributed by atoms with Crippen LogP contribution in [-0.4, -0.2) is 36.8 Å². The minimum atomic E-state index is -0.395. The van der Waals surface area contributed by atoms with Gasteiger partial charge in [-0.2, -0.15) is 0 Å². The van der Waals surface area contributed by atoms with Gasteiger partial charge in [-0.3, -0.25) is 0 Å². The van der Waals surface area contributed by atoms with Crippen molar-refractivity contribution in [2.45, 2.75) is 46.1 Å². The van der Waals surface area contributed by atoms with Crippen LogP contribution in [0.4, 0.5) is 0 Å². The highest BCUT2D eigenvalue weighted by Gasteiger charge is 2.09.